The van der Waals surface area contributed by atoms with Crippen molar-refractivity contribution < 1.29 is 14.0 Å². The molecule has 6 nitrogen and oxygen atoms in total. The van der Waals surface area contributed by atoms with Crippen LogP contribution in [0, 0.1) is 0 Å². The van der Waals surface area contributed by atoms with Crippen LogP contribution in [-0.2, 0) is 4.79 Å². The molecule has 1 aliphatic heterocycles. The summed E-state index contributed by atoms with van der Waals surface area (Å²) >= 11 is 5.16. The number of nitrogens with zero attached hydrogens (tertiary/aromatic N) is 1. The second-order valence-corrected chi connectivity index (χ2v) is 5.21. The van der Waals surface area contributed by atoms with Crippen LogP contribution in [0.25, 0.3) is 0 Å². The lowest BCUT2D eigenvalue weighted by atomic mass is 10.2. The number of furan rings is 1. The highest BCUT2D eigenvalue weighted by atomic mass is 32.1. The maximum absolute atomic E-state index is 12.1. The monoisotopic (exact) mass is 315 g/mol. The smallest absolute Gasteiger partial charge is 0.291 e. The number of nitrogens with one attached hydrogen (secondary N) is 2. The highest BCUT2D eigenvalue weighted by molar-refractivity contribution is 7.80. The standard InChI is InChI=1S/C15H13N3O3S/c1-9-14(20)18(15(22)16-9)11-5-2-4-10(8-11)17-13(19)12-6-3-7-21-12/h2-9H,1H3,(H,16,22)(H,17,19)/t9-/m1/s1. The molecule has 0 unspecified atom stereocenters. The normalized spacial score (nSPS) is 17.5. The average molecular weight is 315 g/mol. The summed E-state index contributed by atoms with van der Waals surface area (Å²) in [6.07, 6.45) is 1.43. The van der Waals surface area contributed by atoms with Crippen molar-refractivity contribution >= 4 is 40.5 Å². The highest BCUT2D eigenvalue weighted by Gasteiger charge is 2.33. The van der Waals surface area contributed by atoms with E-state index in [-0.39, 0.29) is 23.6 Å². The fourth-order valence-electron chi connectivity index (χ4n) is 2.17. The predicted molar refractivity (Wildman–Crippen MR) is 85.8 cm³/mol. The lowest BCUT2D eigenvalue weighted by molar-refractivity contribution is -0.117. The topological polar surface area (TPSA) is 74.6 Å². The number of carbonyl (C=O) groups excluding carboxylic acids is 2. The lowest BCUT2D eigenvalue weighted by Crippen LogP contribution is -2.30. The summed E-state index contributed by atoms with van der Waals surface area (Å²) < 4.78 is 5.04. The molecule has 0 radical (unpaired) electrons. The van der Waals surface area contributed by atoms with Gasteiger partial charge < -0.3 is 15.1 Å². The maximum Gasteiger partial charge on any atom is 0.291 e. The molecule has 1 fully saturated rings. The fraction of sp³-hybridized carbons (Fsp3) is 0.133. The minimum absolute atomic E-state index is 0.125. The molecule has 2 aromatic rings. The zero-order chi connectivity index (χ0) is 15.7. The zero-order valence-corrected chi connectivity index (χ0v) is 12.5. The third-order valence-electron chi connectivity index (χ3n) is 3.24. The summed E-state index contributed by atoms with van der Waals surface area (Å²) in [4.78, 5) is 25.5. The van der Waals surface area contributed by atoms with Crippen LogP contribution in [0.1, 0.15) is 17.5 Å². The second kappa shape index (κ2) is 5.61. The molecule has 112 valence electrons. The van der Waals surface area contributed by atoms with E-state index in [4.69, 9.17) is 16.6 Å². The molecular weight excluding hydrogens is 302 g/mol. The van der Waals surface area contributed by atoms with Crippen molar-refractivity contribution in [3.05, 3.63) is 48.4 Å². The molecule has 1 aromatic carbocycles. The quantitative estimate of drug-likeness (QED) is 0.849. The largest absolute Gasteiger partial charge is 0.459 e. The molecule has 0 bridgehead atoms. The third kappa shape index (κ3) is 2.58. The average Bonchev–Trinajstić information content (AvgIpc) is 3.09. The number of amides is 2. The third-order valence-corrected chi connectivity index (χ3v) is 3.54. The first kappa shape index (κ1) is 14.3. The number of rotatable bonds is 3. The summed E-state index contributed by atoms with van der Waals surface area (Å²) in [5, 5.41) is 5.97. The van der Waals surface area contributed by atoms with Crippen molar-refractivity contribution in [1.82, 2.24) is 5.32 Å². The van der Waals surface area contributed by atoms with Gasteiger partial charge in [0.15, 0.2) is 10.9 Å². The Balaban J connectivity index is 1.83. The first-order valence-electron chi connectivity index (χ1n) is 6.65. The molecule has 0 saturated carbocycles. The second-order valence-electron chi connectivity index (χ2n) is 4.83. The Labute approximate surface area is 132 Å². The Morgan fingerprint density at radius 1 is 1.36 bits per heavy atom. The molecule has 2 amide bonds. The van der Waals surface area contributed by atoms with Gasteiger partial charge in [-0.05, 0) is 49.5 Å². The van der Waals surface area contributed by atoms with Crippen molar-refractivity contribution in [2.45, 2.75) is 13.0 Å². The zero-order valence-electron chi connectivity index (χ0n) is 11.7. The minimum Gasteiger partial charge on any atom is -0.459 e. The van der Waals surface area contributed by atoms with Gasteiger partial charge in [-0.3, -0.25) is 14.5 Å². The Bertz CT molecular complexity index is 742. The van der Waals surface area contributed by atoms with Crippen LogP contribution < -0.4 is 15.5 Å². The van der Waals surface area contributed by atoms with Crippen LogP contribution in [-0.4, -0.2) is 23.0 Å². The fourth-order valence-corrected chi connectivity index (χ4v) is 2.55. The maximum atomic E-state index is 12.1. The van der Waals surface area contributed by atoms with E-state index in [1.54, 1.807) is 43.3 Å². The van der Waals surface area contributed by atoms with E-state index in [0.29, 0.717) is 16.5 Å². The van der Waals surface area contributed by atoms with Gasteiger partial charge in [0.05, 0.1) is 12.0 Å². The first-order chi connectivity index (χ1) is 10.6. The Hall–Kier alpha value is -2.67. The van der Waals surface area contributed by atoms with Crippen molar-refractivity contribution in [2.75, 3.05) is 10.2 Å². The van der Waals surface area contributed by atoms with Crippen LogP contribution >= 0.6 is 12.2 Å². The molecule has 0 aliphatic carbocycles. The van der Waals surface area contributed by atoms with Gasteiger partial charge in [0, 0.05) is 5.69 Å². The van der Waals surface area contributed by atoms with Gasteiger partial charge in [-0.25, -0.2) is 0 Å². The Morgan fingerprint density at radius 2 is 2.18 bits per heavy atom. The summed E-state index contributed by atoms with van der Waals surface area (Å²) in [5.41, 5.74) is 1.15. The highest BCUT2D eigenvalue weighted by Crippen LogP contribution is 2.23. The molecule has 1 aliphatic rings. The van der Waals surface area contributed by atoms with Gasteiger partial charge in [-0.1, -0.05) is 6.07 Å². The van der Waals surface area contributed by atoms with E-state index in [9.17, 15) is 9.59 Å². The van der Waals surface area contributed by atoms with Gasteiger partial charge in [0.2, 0.25) is 0 Å². The Morgan fingerprint density at radius 3 is 2.82 bits per heavy atom. The lowest BCUT2D eigenvalue weighted by Gasteiger charge is -2.16. The van der Waals surface area contributed by atoms with Gasteiger partial charge >= 0.3 is 0 Å². The van der Waals surface area contributed by atoms with Gasteiger partial charge in [0.25, 0.3) is 11.8 Å². The van der Waals surface area contributed by atoms with Crippen LogP contribution in [0.15, 0.2) is 47.1 Å². The summed E-state index contributed by atoms with van der Waals surface area (Å²) in [5.74, 6) is -0.267. The molecular formula is C15H13N3O3S. The van der Waals surface area contributed by atoms with Crippen LogP contribution in [0.4, 0.5) is 11.4 Å². The van der Waals surface area contributed by atoms with E-state index in [1.807, 2.05) is 0 Å². The number of thiocarbonyl (C=S) groups is 1. The minimum atomic E-state index is -0.357. The number of hydrogen-bond acceptors (Lipinski definition) is 4. The predicted octanol–water partition coefficient (Wildman–Crippen LogP) is 2.14. The van der Waals surface area contributed by atoms with E-state index in [2.05, 4.69) is 10.6 Å². The SMILES string of the molecule is C[C@H]1NC(=S)N(c2cccc(NC(=O)c3ccco3)c2)C1=O. The van der Waals surface area contributed by atoms with Gasteiger partial charge in [-0.15, -0.1) is 0 Å². The van der Waals surface area contributed by atoms with Crippen LogP contribution in [0.2, 0.25) is 0 Å². The molecule has 22 heavy (non-hydrogen) atoms. The molecule has 2 N–H and O–H groups in total. The van der Waals surface area contributed by atoms with E-state index in [1.165, 1.54) is 11.2 Å². The summed E-state index contributed by atoms with van der Waals surface area (Å²) in [7, 11) is 0. The van der Waals surface area contributed by atoms with Crippen molar-refractivity contribution in [3.63, 3.8) is 0 Å². The number of carbonyl (C=O) groups is 2. The summed E-state index contributed by atoms with van der Waals surface area (Å²) in [6, 6.07) is 9.77. The number of anilines is 2. The molecule has 1 aromatic heterocycles. The van der Waals surface area contributed by atoms with Crippen molar-refractivity contribution in [2.24, 2.45) is 0 Å². The molecule has 3 rings (SSSR count). The molecule has 2 heterocycles. The first-order valence-corrected chi connectivity index (χ1v) is 7.06. The van der Waals surface area contributed by atoms with E-state index >= 15 is 0 Å². The molecule has 1 saturated heterocycles. The van der Waals surface area contributed by atoms with Crippen molar-refractivity contribution in [3.8, 4) is 0 Å². The van der Waals surface area contributed by atoms with Gasteiger partial charge in [0.1, 0.15) is 6.04 Å². The summed E-state index contributed by atoms with van der Waals surface area (Å²) in [6.45, 7) is 1.75. The van der Waals surface area contributed by atoms with Crippen LogP contribution in [0.3, 0.4) is 0 Å². The molecule has 1 atom stereocenters. The van der Waals surface area contributed by atoms with E-state index in [0.717, 1.165) is 0 Å². The van der Waals surface area contributed by atoms with E-state index < -0.39 is 0 Å². The van der Waals surface area contributed by atoms with Crippen LogP contribution in [0.5, 0.6) is 0 Å². The number of hydrogen-bond donors (Lipinski definition) is 2. The molecule has 7 heteroatoms. The number of benzene rings is 1. The Kier molecular flexibility index (Phi) is 3.64. The van der Waals surface area contributed by atoms with Crippen molar-refractivity contribution in [1.29, 1.82) is 0 Å². The van der Waals surface area contributed by atoms with Gasteiger partial charge in [-0.2, -0.15) is 0 Å². The molecule has 0 spiro atoms.